The zero-order valence-corrected chi connectivity index (χ0v) is 9.30. The lowest BCUT2D eigenvalue weighted by Crippen LogP contribution is -2.29. The second-order valence-electron chi connectivity index (χ2n) is 4.63. The average Bonchev–Trinajstić information content (AvgIpc) is 2.88. The van der Waals surface area contributed by atoms with Crippen molar-refractivity contribution in [2.24, 2.45) is 17.6 Å². The van der Waals surface area contributed by atoms with Crippen molar-refractivity contribution in [2.45, 2.75) is 37.4 Å². The van der Waals surface area contributed by atoms with Crippen LogP contribution in [0.2, 0.25) is 0 Å². The number of rotatable bonds is 4. The Hall–Kier alpha value is -0.0900. The molecular formula is C10H19NO2S. The molecule has 0 spiro atoms. The highest BCUT2D eigenvalue weighted by molar-refractivity contribution is 7.92. The first-order valence-electron chi connectivity index (χ1n) is 5.57. The molecule has 14 heavy (non-hydrogen) atoms. The Bertz CT molecular complexity index is 295. The van der Waals surface area contributed by atoms with E-state index in [2.05, 4.69) is 0 Å². The summed E-state index contributed by atoms with van der Waals surface area (Å²) in [5, 5.41) is -0.0569. The van der Waals surface area contributed by atoms with E-state index in [1.165, 1.54) is 12.8 Å². The third-order valence-electron chi connectivity index (χ3n) is 3.58. The fourth-order valence-corrected chi connectivity index (χ4v) is 5.03. The Morgan fingerprint density at radius 1 is 1.29 bits per heavy atom. The third kappa shape index (κ3) is 1.96. The van der Waals surface area contributed by atoms with Crippen LogP contribution in [0.15, 0.2) is 0 Å². The molecule has 1 saturated heterocycles. The summed E-state index contributed by atoms with van der Waals surface area (Å²) in [6.07, 6.45) is 5.08. The van der Waals surface area contributed by atoms with Crippen molar-refractivity contribution in [3.05, 3.63) is 0 Å². The van der Waals surface area contributed by atoms with E-state index >= 15 is 0 Å². The van der Waals surface area contributed by atoms with Crippen LogP contribution in [0.1, 0.15) is 32.1 Å². The number of sulfone groups is 1. The van der Waals surface area contributed by atoms with Crippen LogP contribution in [0.3, 0.4) is 0 Å². The predicted molar refractivity (Wildman–Crippen MR) is 56.7 cm³/mol. The molecule has 0 aromatic rings. The van der Waals surface area contributed by atoms with Crippen molar-refractivity contribution >= 4 is 9.84 Å². The van der Waals surface area contributed by atoms with Crippen molar-refractivity contribution < 1.29 is 8.42 Å². The Morgan fingerprint density at radius 2 is 2.00 bits per heavy atom. The maximum Gasteiger partial charge on any atom is 0.153 e. The summed E-state index contributed by atoms with van der Waals surface area (Å²) in [4.78, 5) is 0. The highest BCUT2D eigenvalue weighted by Gasteiger charge is 2.43. The standard InChI is InChI=1S/C10H19NO2S/c11-6-5-9(8-3-4-8)10-2-1-7-14(10,12)13/h8-10H,1-7,11H2. The third-order valence-corrected chi connectivity index (χ3v) is 5.95. The van der Waals surface area contributed by atoms with Gasteiger partial charge in [-0.3, -0.25) is 0 Å². The summed E-state index contributed by atoms with van der Waals surface area (Å²) in [5.74, 6) is 1.44. The van der Waals surface area contributed by atoms with Crippen LogP contribution < -0.4 is 5.73 Å². The summed E-state index contributed by atoms with van der Waals surface area (Å²) in [6, 6.07) is 0. The highest BCUT2D eigenvalue weighted by atomic mass is 32.2. The van der Waals surface area contributed by atoms with E-state index in [-0.39, 0.29) is 5.25 Å². The summed E-state index contributed by atoms with van der Waals surface area (Å²) in [5.41, 5.74) is 5.56. The summed E-state index contributed by atoms with van der Waals surface area (Å²) in [6.45, 7) is 0.632. The largest absolute Gasteiger partial charge is 0.330 e. The molecular weight excluding hydrogens is 198 g/mol. The summed E-state index contributed by atoms with van der Waals surface area (Å²) >= 11 is 0. The van der Waals surface area contributed by atoms with Gasteiger partial charge < -0.3 is 5.73 Å². The smallest absolute Gasteiger partial charge is 0.153 e. The maximum absolute atomic E-state index is 11.8. The first-order valence-corrected chi connectivity index (χ1v) is 7.28. The lowest BCUT2D eigenvalue weighted by molar-refractivity contribution is 0.399. The van der Waals surface area contributed by atoms with E-state index in [0.29, 0.717) is 24.1 Å². The van der Waals surface area contributed by atoms with Crippen molar-refractivity contribution in [3.63, 3.8) is 0 Å². The van der Waals surface area contributed by atoms with Gasteiger partial charge in [-0.1, -0.05) is 0 Å². The lowest BCUT2D eigenvalue weighted by atomic mass is 9.93. The quantitative estimate of drug-likeness (QED) is 0.762. The summed E-state index contributed by atoms with van der Waals surface area (Å²) in [7, 11) is -2.77. The van der Waals surface area contributed by atoms with Crippen molar-refractivity contribution in [2.75, 3.05) is 12.3 Å². The number of hydrogen-bond donors (Lipinski definition) is 1. The second kappa shape index (κ2) is 3.81. The van der Waals surface area contributed by atoms with E-state index in [4.69, 9.17) is 5.73 Å². The molecule has 2 rings (SSSR count). The van der Waals surface area contributed by atoms with E-state index in [0.717, 1.165) is 19.3 Å². The van der Waals surface area contributed by atoms with E-state index < -0.39 is 9.84 Å². The monoisotopic (exact) mass is 217 g/mol. The molecule has 0 bridgehead atoms. The van der Waals surface area contributed by atoms with Gasteiger partial charge in [0.15, 0.2) is 9.84 Å². The predicted octanol–water partition coefficient (Wildman–Crippen LogP) is 0.939. The van der Waals surface area contributed by atoms with Gasteiger partial charge in [0.25, 0.3) is 0 Å². The van der Waals surface area contributed by atoms with E-state index in [1.54, 1.807) is 0 Å². The van der Waals surface area contributed by atoms with E-state index in [9.17, 15) is 8.42 Å². The zero-order valence-electron chi connectivity index (χ0n) is 8.48. The summed E-state index contributed by atoms with van der Waals surface area (Å²) < 4.78 is 23.5. The van der Waals surface area contributed by atoms with Gasteiger partial charge in [0.05, 0.1) is 11.0 Å². The second-order valence-corrected chi connectivity index (χ2v) is 6.97. The van der Waals surface area contributed by atoms with Gasteiger partial charge in [0, 0.05) is 0 Å². The molecule has 1 saturated carbocycles. The molecule has 2 unspecified atom stereocenters. The molecule has 3 nitrogen and oxygen atoms in total. The Morgan fingerprint density at radius 3 is 2.43 bits per heavy atom. The van der Waals surface area contributed by atoms with Gasteiger partial charge in [-0.05, 0) is 50.5 Å². The molecule has 0 aromatic carbocycles. The van der Waals surface area contributed by atoms with Gasteiger partial charge in [-0.25, -0.2) is 8.42 Å². The maximum atomic E-state index is 11.8. The molecule has 2 aliphatic rings. The minimum Gasteiger partial charge on any atom is -0.330 e. The number of hydrogen-bond acceptors (Lipinski definition) is 3. The normalized spacial score (nSPS) is 33.1. The minimum atomic E-state index is -2.77. The molecule has 1 heterocycles. The van der Waals surface area contributed by atoms with Crippen LogP contribution >= 0.6 is 0 Å². The van der Waals surface area contributed by atoms with Crippen molar-refractivity contribution in [1.29, 1.82) is 0 Å². The van der Waals surface area contributed by atoms with Crippen LogP contribution in [0.4, 0.5) is 0 Å². The lowest BCUT2D eigenvalue weighted by Gasteiger charge is -2.21. The fourth-order valence-electron chi connectivity index (χ4n) is 2.74. The van der Waals surface area contributed by atoms with Gasteiger partial charge in [0.2, 0.25) is 0 Å². The van der Waals surface area contributed by atoms with Crippen LogP contribution in [0, 0.1) is 11.8 Å². The highest BCUT2D eigenvalue weighted by Crippen LogP contribution is 2.44. The topological polar surface area (TPSA) is 60.2 Å². The fraction of sp³-hybridized carbons (Fsp3) is 1.00. The van der Waals surface area contributed by atoms with Crippen LogP contribution in [0.5, 0.6) is 0 Å². The molecule has 1 aliphatic carbocycles. The molecule has 1 aliphatic heterocycles. The molecule has 82 valence electrons. The first-order chi connectivity index (χ1) is 6.65. The number of nitrogens with two attached hydrogens (primary N) is 1. The van der Waals surface area contributed by atoms with Crippen molar-refractivity contribution in [1.82, 2.24) is 0 Å². The van der Waals surface area contributed by atoms with Crippen molar-refractivity contribution in [3.8, 4) is 0 Å². The van der Waals surface area contributed by atoms with Gasteiger partial charge in [0.1, 0.15) is 0 Å². The van der Waals surface area contributed by atoms with Gasteiger partial charge in [-0.15, -0.1) is 0 Å². The molecule has 0 aromatic heterocycles. The molecule has 0 amide bonds. The van der Waals surface area contributed by atoms with Crippen LogP contribution in [-0.4, -0.2) is 26.0 Å². The minimum absolute atomic E-state index is 0.0569. The molecule has 2 atom stereocenters. The van der Waals surface area contributed by atoms with E-state index in [1.807, 2.05) is 0 Å². The SMILES string of the molecule is NCCC(C1CC1)C1CCCS1(=O)=O. The first kappa shape index (κ1) is 10.4. The van der Waals surface area contributed by atoms with Crippen LogP contribution in [-0.2, 0) is 9.84 Å². The average molecular weight is 217 g/mol. The van der Waals surface area contributed by atoms with Gasteiger partial charge in [-0.2, -0.15) is 0 Å². The zero-order chi connectivity index (χ0) is 10.2. The Labute approximate surface area is 86.0 Å². The molecule has 2 N–H and O–H groups in total. The molecule has 2 fully saturated rings. The Balaban J connectivity index is 2.09. The van der Waals surface area contributed by atoms with Crippen LogP contribution in [0.25, 0.3) is 0 Å². The van der Waals surface area contributed by atoms with Gasteiger partial charge >= 0.3 is 0 Å². The Kier molecular flexibility index (Phi) is 2.84. The molecule has 0 radical (unpaired) electrons. The molecule has 4 heteroatoms.